The number of amides is 2. The number of hydrogen-bond acceptors (Lipinski definition) is 4. The first-order chi connectivity index (χ1) is 11.1. The van der Waals surface area contributed by atoms with E-state index in [9.17, 15) is 9.59 Å². The van der Waals surface area contributed by atoms with Crippen LogP contribution in [0.2, 0.25) is 0 Å². The maximum Gasteiger partial charge on any atom is 0.411 e. The molecule has 0 aromatic carbocycles. The van der Waals surface area contributed by atoms with Crippen LogP contribution in [0.15, 0.2) is 16.7 Å². The number of nitrogens with zero attached hydrogens (tertiary/aromatic N) is 2. The second-order valence-corrected chi connectivity index (χ2v) is 7.93. The quantitative estimate of drug-likeness (QED) is 0.768. The van der Waals surface area contributed by atoms with Crippen molar-refractivity contribution in [2.45, 2.75) is 65.1 Å². The van der Waals surface area contributed by atoms with E-state index in [-0.39, 0.29) is 11.9 Å². The zero-order valence-corrected chi connectivity index (χ0v) is 16.3. The Morgan fingerprint density at radius 2 is 2.00 bits per heavy atom. The number of ether oxygens (including phenoxy) is 1. The summed E-state index contributed by atoms with van der Waals surface area (Å²) in [5.41, 5.74) is 0.268. The zero-order chi connectivity index (χ0) is 18.1. The number of rotatable bonds is 2. The fraction of sp³-hybridized carbons (Fsp3) is 0.588. The molecular weight excluding hydrogens is 374 g/mol. The molecule has 1 aliphatic heterocycles. The monoisotopic (exact) mass is 397 g/mol. The van der Waals surface area contributed by atoms with Crippen LogP contribution in [0.3, 0.4) is 0 Å². The molecular formula is C17H24BrN3O3. The van der Waals surface area contributed by atoms with Gasteiger partial charge in [0.2, 0.25) is 5.91 Å². The van der Waals surface area contributed by atoms with E-state index in [1.54, 1.807) is 0 Å². The van der Waals surface area contributed by atoms with Crippen molar-refractivity contribution in [3.63, 3.8) is 0 Å². The first-order valence-electron chi connectivity index (χ1n) is 8.04. The van der Waals surface area contributed by atoms with Crippen LogP contribution >= 0.6 is 15.9 Å². The number of pyridine rings is 1. The first-order valence-corrected chi connectivity index (χ1v) is 8.83. The number of aromatic nitrogens is 1. The van der Waals surface area contributed by atoms with Crippen LogP contribution in [0.1, 0.15) is 46.1 Å². The van der Waals surface area contributed by atoms with Crippen molar-refractivity contribution in [1.29, 1.82) is 0 Å². The number of hydrogen-bond donors (Lipinski definition) is 1. The maximum absolute atomic E-state index is 12.7. The fourth-order valence-electron chi connectivity index (χ4n) is 2.70. The molecule has 1 fully saturated rings. The third-order valence-electron chi connectivity index (χ3n) is 3.88. The average molecular weight is 398 g/mol. The molecule has 0 unspecified atom stereocenters. The summed E-state index contributed by atoms with van der Waals surface area (Å²) in [4.78, 5) is 31.0. The van der Waals surface area contributed by atoms with Crippen molar-refractivity contribution in [1.82, 2.24) is 9.88 Å². The topological polar surface area (TPSA) is 71.5 Å². The van der Waals surface area contributed by atoms with Crippen LogP contribution in [0.4, 0.5) is 10.6 Å². The summed E-state index contributed by atoms with van der Waals surface area (Å²) in [5, 5.41) is 2.83. The minimum Gasteiger partial charge on any atom is -0.444 e. The Morgan fingerprint density at radius 3 is 2.62 bits per heavy atom. The van der Waals surface area contributed by atoms with Crippen molar-refractivity contribution in [3.05, 3.63) is 22.3 Å². The second kappa shape index (κ2) is 7.09. The van der Waals surface area contributed by atoms with E-state index >= 15 is 0 Å². The molecule has 2 atom stereocenters. The van der Waals surface area contributed by atoms with Gasteiger partial charge in [-0.1, -0.05) is 6.07 Å². The molecule has 24 heavy (non-hydrogen) atoms. The van der Waals surface area contributed by atoms with Gasteiger partial charge in [0.1, 0.15) is 22.1 Å². The van der Waals surface area contributed by atoms with Gasteiger partial charge in [0, 0.05) is 6.04 Å². The SMILES string of the molecule is Cc1ccc(Br)nc1NC(=O)[C@@H]1CC[C@H](C)N1C(=O)OC(C)(C)C. The Balaban J connectivity index is 2.15. The smallest absolute Gasteiger partial charge is 0.411 e. The first kappa shape index (κ1) is 18.7. The summed E-state index contributed by atoms with van der Waals surface area (Å²) in [7, 11) is 0. The number of carbonyl (C=O) groups excluding carboxylic acids is 2. The molecule has 0 aliphatic carbocycles. The van der Waals surface area contributed by atoms with Crippen molar-refractivity contribution < 1.29 is 14.3 Å². The molecule has 132 valence electrons. The molecule has 6 nitrogen and oxygen atoms in total. The van der Waals surface area contributed by atoms with Gasteiger partial charge in [0.15, 0.2) is 0 Å². The minimum absolute atomic E-state index is 0.0350. The van der Waals surface area contributed by atoms with E-state index in [2.05, 4.69) is 26.2 Å². The molecule has 2 heterocycles. The van der Waals surface area contributed by atoms with Gasteiger partial charge >= 0.3 is 6.09 Å². The van der Waals surface area contributed by atoms with Crippen LogP contribution in [0.5, 0.6) is 0 Å². The molecule has 1 aromatic heterocycles. The van der Waals surface area contributed by atoms with Crippen LogP contribution in [-0.4, -0.2) is 39.6 Å². The van der Waals surface area contributed by atoms with Gasteiger partial charge in [-0.25, -0.2) is 9.78 Å². The highest BCUT2D eigenvalue weighted by Gasteiger charge is 2.41. The Kier molecular flexibility index (Phi) is 5.52. The Labute approximate surface area is 151 Å². The van der Waals surface area contributed by atoms with Gasteiger partial charge in [0.05, 0.1) is 0 Å². The standard InChI is InChI=1S/C17H24BrN3O3/c1-10-6-9-13(18)19-14(10)20-15(22)12-8-7-11(2)21(12)16(23)24-17(3,4)5/h6,9,11-12H,7-8H2,1-5H3,(H,19,20,22)/t11-,12-/m0/s1. The lowest BCUT2D eigenvalue weighted by Gasteiger charge is -2.30. The molecule has 0 radical (unpaired) electrons. The summed E-state index contributed by atoms with van der Waals surface area (Å²) in [5.74, 6) is 0.261. The van der Waals surface area contributed by atoms with Gasteiger partial charge in [-0.2, -0.15) is 0 Å². The average Bonchev–Trinajstić information content (AvgIpc) is 2.83. The Morgan fingerprint density at radius 1 is 1.33 bits per heavy atom. The number of aryl methyl sites for hydroxylation is 1. The lowest BCUT2D eigenvalue weighted by Crippen LogP contribution is -2.48. The number of nitrogens with one attached hydrogen (secondary N) is 1. The minimum atomic E-state index is -0.594. The normalized spacial score (nSPS) is 20.8. The summed E-state index contributed by atoms with van der Waals surface area (Å²) in [6, 6.07) is 3.10. The summed E-state index contributed by atoms with van der Waals surface area (Å²) in [6.45, 7) is 9.25. The molecule has 1 N–H and O–H groups in total. The second-order valence-electron chi connectivity index (χ2n) is 7.12. The number of carbonyl (C=O) groups is 2. The van der Waals surface area contributed by atoms with Gasteiger partial charge in [-0.15, -0.1) is 0 Å². The van der Waals surface area contributed by atoms with E-state index in [1.807, 2.05) is 46.8 Å². The third-order valence-corrected chi connectivity index (χ3v) is 4.32. The molecule has 1 aromatic rings. The number of halogens is 1. The summed E-state index contributed by atoms with van der Waals surface area (Å²) in [6.07, 6.45) is 0.924. The lowest BCUT2D eigenvalue weighted by atomic mass is 10.2. The Bertz CT molecular complexity index is 642. The largest absolute Gasteiger partial charge is 0.444 e. The Hall–Kier alpha value is -1.63. The van der Waals surface area contributed by atoms with E-state index in [0.29, 0.717) is 16.8 Å². The van der Waals surface area contributed by atoms with Gasteiger partial charge in [0.25, 0.3) is 0 Å². The maximum atomic E-state index is 12.7. The van der Waals surface area contributed by atoms with Crippen LogP contribution in [0, 0.1) is 6.92 Å². The lowest BCUT2D eigenvalue weighted by molar-refractivity contribution is -0.120. The fourth-order valence-corrected chi connectivity index (χ4v) is 3.00. The number of anilines is 1. The van der Waals surface area contributed by atoms with E-state index in [4.69, 9.17) is 4.74 Å². The summed E-state index contributed by atoms with van der Waals surface area (Å²) < 4.78 is 6.09. The highest BCUT2D eigenvalue weighted by Crippen LogP contribution is 2.27. The summed E-state index contributed by atoms with van der Waals surface area (Å²) >= 11 is 3.30. The highest BCUT2D eigenvalue weighted by molar-refractivity contribution is 9.10. The molecule has 7 heteroatoms. The molecule has 1 aliphatic rings. The molecule has 1 saturated heterocycles. The van der Waals surface area contributed by atoms with Crippen molar-refractivity contribution in [2.75, 3.05) is 5.32 Å². The van der Waals surface area contributed by atoms with Crippen LogP contribution < -0.4 is 5.32 Å². The zero-order valence-electron chi connectivity index (χ0n) is 14.7. The molecule has 0 spiro atoms. The van der Waals surface area contributed by atoms with Crippen molar-refractivity contribution in [3.8, 4) is 0 Å². The van der Waals surface area contributed by atoms with Gasteiger partial charge < -0.3 is 10.1 Å². The van der Waals surface area contributed by atoms with Crippen molar-refractivity contribution >= 4 is 33.7 Å². The molecule has 0 bridgehead atoms. The number of likely N-dealkylation sites (tertiary alicyclic amines) is 1. The van der Waals surface area contributed by atoms with E-state index in [0.717, 1.165) is 12.0 Å². The van der Waals surface area contributed by atoms with E-state index < -0.39 is 17.7 Å². The van der Waals surface area contributed by atoms with Crippen molar-refractivity contribution in [2.24, 2.45) is 0 Å². The third kappa shape index (κ3) is 4.47. The van der Waals surface area contributed by atoms with Crippen LogP contribution in [-0.2, 0) is 9.53 Å². The van der Waals surface area contributed by atoms with E-state index in [1.165, 1.54) is 4.90 Å². The van der Waals surface area contributed by atoms with Gasteiger partial charge in [-0.05, 0) is 75.0 Å². The molecule has 2 amide bonds. The van der Waals surface area contributed by atoms with Crippen LogP contribution in [0.25, 0.3) is 0 Å². The highest BCUT2D eigenvalue weighted by atomic mass is 79.9. The van der Waals surface area contributed by atoms with Gasteiger partial charge in [-0.3, -0.25) is 9.69 Å². The molecule has 0 saturated carbocycles. The molecule has 2 rings (SSSR count). The predicted octanol–water partition coefficient (Wildman–Crippen LogP) is 3.88. The predicted molar refractivity (Wildman–Crippen MR) is 95.9 cm³/mol.